The number of carbonyl (C=O) groups is 1. The number of hydrogen-bond acceptors (Lipinski definition) is 3. The highest BCUT2D eigenvalue weighted by Crippen LogP contribution is 2.18. The van der Waals surface area contributed by atoms with Crippen molar-refractivity contribution in [2.45, 2.75) is 13.8 Å². The van der Waals surface area contributed by atoms with Crippen molar-refractivity contribution in [2.24, 2.45) is 0 Å². The van der Waals surface area contributed by atoms with E-state index in [9.17, 15) is 4.79 Å². The number of aromatic nitrogens is 1. The van der Waals surface area contributed by atoms with Crippen molar-refractivity contribution in [3.05, 3.63) is 52.1 Å². The van der Waals surface area contributed by atoms with Gasteiger partial charge in [0.05, 0.1) is 6.54 Å². The van der Waals surface area contributed by atoms with Crippen LogP contribution in [0.15, 0.2) is 41.0 Å². The Kier molecular flexibility index (Phi) is 4.96. The lowest BCUT2D eigenvalue weighted by Gasteiger charge is -2.18. The van der Waals surface area contributed by atoms with Gasteiger partial charge in [-0.15, -0.1) is 0 Å². The van der Waals surface area contributed by atoms with Crippen LogP contribution in [-0.4, -0.2) is 24.5 Å². The average molecular weight is 348 g/mol. The lowest BCUT2D eigenvalue weighted by Crippen LogP contribution is -2.30. The van der Waals surface area contributed by atoms with Crippen molar-refractivity contribution in [1.82, 2.24) is 4.98 Å². The van der Waals surface area contributed by atoms with Crippen LogP contribution >= 0.6 is 15.9 Å². The maximum Gasteiger partial charge on any atom is 0.243 e. The topological polar surface area (TPSA) is 45.2 Å². The number of amides is 1. The van der Waals surface area contributed by atoms with Crippen molar-refractivity contribution < 1.29 is 4.79 Å². The molecular weight excluding hydrogens is 330 g/mol. The molecular formula is C16H18BrN3O. The van der Waals surface area contributed by atoms with Gasteiger partial charge in [0.1, 0.15) is 5.82 Å². The molecule has 5 heteroatoms. The molecule has 1 N–H and O–H groups in total. The minimum absolute atomic E-state index is 0.0593. The van der Waals surface area contributed by atoms with Crippen LogP contribution in [0.2, 0.25) is 0 Å². The average Bonchev–Trinajstić information content (AvgIpc) is 2.44. The van der Waals surface area contributed by atoms with Gasteiger partial charge < -0.3 is 10.2 Å². The molecule has 0 saturated carbocycles. The molecule has 0 radical (unpaired) electrons. The number of nitrogens with zero attached hydrogens (tertiary/aromatic N) is 2. The number of carbonyl (C=O) groups excluding carboxylic acids is 1. The Labute approximate surface area is 133 Å². The number of hydrogen-bond donors (Lipinski definition) is 1. The maximum atomic E-state index is 12.1. The van der Waals surface area contributed by atoms with Crippen LogP contribution in [0.3, 0.4) is 0 Å². The number of aryl methyl sites for hydroxylation is 1. The van der Waals surface area contributed by atoms with E-state index < -0.39 is 0 Å². The normalized spacial score (nSPS) is 10.3. The first-order chi connectivity index (χ1) is 9.97. The standard InChI is InChI=1S/C16H18BrN3O/c1-11-5-4-6-14(12(11)2)19-16(21)10-20(3)15-8-7-13(17)9-18-15/h4-9H,10H2,1-3H3,(H,19,21). The molecule has 1 amide bonds. The summed E-state index contributed by atoms with van der Waals surface area (Å²) in [5, 5.41) is 2.95. The molecule has 1 aromatic heterocycles. The minimum Gasteiger partial charge on any atom is -0.350 e. The monoisotopic (exact) mass is 347 g/mol. The first-order valence-electron chi connectivity index (χ1n) is 6.66. The Morgan fingerprint density at radius 2 is 2.05 bits per heavy atom. The third-order valence-electron chi connectivity index (χ3n) is 3.36. The predicted octanol–water partition coefficient (Wildman–Crippen LogP) is 3.54. The molecule has 0 bridgehead atoms. The highest BCUT2D eigenvalue weighted by molar-refractivity contribution is 9.10. The van der Waals surface area contributed by atoms with Crippen LogP contribution < -0.4 is 10.2 Å². The van der Waals surface area contributed by atoms with E-state index in [1.54, 1.807) is 6.20 Å². The van der Waals surface area contributed by atoms with Gasteiger partial charge in [-0.25, -0.2) is 4.98 Å². The highest BCUT2D eigenvalue weighted by atomic mass is 79.9. The highest BCUT2D eigenvalue weighted by Gasteiger charge is 2.10. The van der Waals surface area contributed by atoms with E-state index in [1.165, 1.54) is 0 Å². The number of rotatable bonds is 4. The minimum atomic E-state index is -0.0593. The van der Waals surface area contributed by atoms with Gasteiger partial charge in [-0.3, -0.25) is 4.79 Å². The molecule has 0 unspecified atom stereocenters. The molecule has 0 aliphatic carbocycles. The third kappa shape index (κ3) is 4.04. The Morgan fingerprint density at radius 1 is 1.29 bits per heavy atom. The number of likely N-dealkylation sites (N-methyl/N-ethyl adjacent to an activating group) is 1. The number of nitrogens with one attached hydrogen (secondary N) is 1. The molecule has 4 nitrogen and oxygen atoms in total. The van der Waals surface area contributed by atoms with Crippen LogP contribution in [0, 0.1) is 13.8 Å². The van der Waals surface area contributed by atoms with Gasteiger partial charge in [0, 0.05) is 23.4 Å². The van der Waals surface area contributed by atoms with Crippen LogP contribution in [0.5, 0.6) is 0 Å². The second-order valence-corrected chi connectivity index (χ2v) is 5.90. The van der Waals surface area contributed by atoms with Gasteiger partial charge in [0.2, 0.25) is 5.91 Å². The van der Waals surface area contributed by atoms with Crippen molar-refractivity contribution in [2.75, 3.05) is 23.8 Å². The zero-order valence-corrected chi connectivity index (χ0v) is 13.9. The smallest absolute Gasteiger partial charge is 0.243 e. The fourth-order valence-corrected chi connectivity index (χ4v) is 2.20. The quantitative estimate of drug-likeness (QED) is 0.919. The van der Waals surface area contributed by atoms with E-state index in [-0.39, 0.29) is 12.5 Å². The fourth-order valence-electron chi connectivity index (χ4n) is 1.97. The largest absolute Gasteiger partial charge is 0.350 e. The van der Waals surface area contributed by atoms with Crippen LogP contribution in [0.25, 0.3) is 0 Å². The second kappa shape index (κ2) is 6.72. The molecule has 0 atom stereocenters. The zero-order valence-electron chi connectivity index (χ0n) is 12.4. The van der Waals surface area contributed by atoms with Crippen LogP contribution in [0.1, 0.15) is 11.1 Å². The molecule has 0 saturated heterocycles. The van der Waals surface area contributed by atoms with E-state index in [0.29, 0.717) is 0 Å². The predicted molar refractivity (Wildman–Crippen MR) is 89.8 cm³/mol. The Hall–Kier alpha value is -1.88. The van der Waals surface area contributed by atoms with Gasteiger partial charge in [-0.2, -0.15) is 0 Å². The van der Waals surface area contributed by atoms with Crippen molar-refractivity contribution >= 4 is 33.3 Å². The van der Waals surface area contributed by atoms with E-state index in [0.717, 1.165) is 27.1 Å². The number of benzene rings is 1. The molecule has 2 aromatic rings. The summed E-state index contributed by atoms with van der Waals surface area (Å²) in [5.41, 5.74) is 3.11. The number of halogens is 1. The van der Waals surface area contributed by atoms with Crippen molar-refractivity contribution in [3.8, 4) is 0 Å². The summed E-state index contributed by atoms with van der Waals surface area (Å²) in [4.78, 5) is 18.2. The lowest BCUT2D eigenvalue weighted by atomic mass is 10.1. The van der Waals surface area contributed by atoms with E-state index in [1.807, 2.05) is 56.1 Å². The molecule has 2 rings (SSSR count). The molecule has 0 aliphatic rings. The summed E-state index contributed by atoms with van der Waals surface area (Å²) >= 11 is 3.34. The van der Waals surface area contributed by atoms with Crippen LogP contribution in [-0.2, 0) is 4.79 Å². The molecule has 0 spiro atoms. The summed E-state index contributed by atoms with van der Waals surface area (Å²) in [5.74, 6) is 0.699. The van der Waals surface area contributed by atoms with Gasteiger partial charge >= 0.3 is 0 Å². The van der Waals surface area contributed by atoms with Gasteiger partial charge in [-0.05, 0) is 59.1 Å². The summed E-state index contributed by atoms with van der Waals surface area (Å²) in [6.07, 6.45) is 1.72. The molecule has 21 heavy (non-hydrogen) atoms. The summed E-state index contributed by atoms with van der Waals surface area (Å²) in [6.45, 7) is 4.29. The first kappa shape index (κ1) is 15.5. The van der Waals surface area contributed by atoms with Crippen molar-refractivity contribution in [1.29, 1.82) is 0 Å². The van der Waals surface area contributed by atoms with E-state index in [2.05, 4.69) is 26.2 Å². The summed E-state index contributed by atoms with van der Waals surface area (Å²) in [6, 6.07) is 9.66. The lowest BCUT2D eigenvalue weighted by molar-refractivity contribution is -0.114. The fraction of sp³-hybridized carbons (Fsp3) is 0.250. The van der Waals surface area contributed by atoms with E-state index in [4.69, 9.17) is 0 Å². The number of pyridine rings is 1. The van der Waals surface area contributed by atoms with Crippen molar-refractivity contribution in [3.63, 3.8) is 0 Å². The Morgan fingerprint density at radius 3 is 2.71 bits per heavy atom. The molecule has 1 heterocycles. The molecule has 1 aromatic carbocycles. The maximum absolute atomic E-state index is 12.1. The first-order valence-corrected chi connectivity index (χ1v) is 7.45. The molecule has 0 fully saturated rings. The van der Waals surface area contributed by atoms with E-state index >= 15 is 0 Å². The summed E-state index contributed by atoms with van der Waals surface area (Å²) < 4.78 is 0.916. The third-order valence-corrected chi connectivity index (χ3v) is 3.83. The second-order valence-electron chi connectivity index (χ2n) is 4.99. The van der Waals surface area contributed by atoms with Gasteiger partial charge in [0.15, 0.2) is 0 Å². The summed E-state index contributed by atoms with van der Waals surface area (Å²) in [7, 11) is 1.85. The molecule has 110 valence electrons. The van der Waals surface area contributed by atoms with Gasteiger partial charge in [0.25, 0.3) is 0 Å². The SMILES string of the molecule is Cc1cccc(NC(=O)CN(C)c2ccc(Br)cn2)c1C. The van der Waals surface area contributed by atoms with Crippen LogP contribution in [0.4, 0.5) is 11.5 Å². The Bertz CT molecular complexity index is 640. The zero-order chi connectivity index (χ0) is 15.4. The van der Waals surface area contributed by atoms with Gasteiger partial charge in [-0.1, -0.05) is 12.1 Å². The number of anilines is 2. The Balaban J connectivity index is 2.01. The molecule has 0 aliphatic heterocycles.